The van der Waals surface area contributed by atoms with Gasteiger partial charge in [-0.05, 0) is 42.7 Å². The Bertz CT molecular complexity index is 517. The molecule has 2 bridgehead atoms. The molecule has 20 heavy (non-hydrogen) atoms. The molecule has 0 saturated heterocycles. The molecule has 2 fully saturated rings. The first-order valence-corrected chi connectivity index (χ1v) is 7.06. The topological polar surface area (TPSA) is 79.3 Å². The number of amides is 1. The van der Waals surface area contributed by atoms with Gasteiger partial charge in [-0.1, -0.05) is 6.07 Å². The lowest BCUT2D eigenvalue weighted by Gasteiger charge is -2.28. The van der Waals surface area contributed by atoms with Crippen molar-refractivity contribution >= 4 is 11.9 Å². The molecule has 1 amide bonds. The van der Waals surface area contributed by atoms with Crippen LogP contribution in [0.2, 0.25) is 0 Å². The highest BCUT2D eigenvalue weighted by molar-refractivity contribution is 5.80. The number of aromatic nitrogens is 1. The molecule has 2 N–H and O–H groups in total. The Morgan fingerprint density at radius 1 is 1.35 bits per heavy atom. The monoisotopic (exact) mass is 274 g/mol. The summed E-state index contributed by atoms with van der Waals surface area (Å²) in [5.74, 6) is -0.725. The van der Waals surface area contributed by atoms with Crippen LogP contribution in [0.3, 0.4) is 0 Å². The number of carbonyl (C=O) groups excluding carboxylic acids is 1. The van der Waals surface area contributed by atoms with E-state index >= 15 is 0 Å². The molecule has 0 radical (unpaired) electrons. The van der Waals surface area contributed by atoms with E-state index in [4.69, 9.17) is 0 Å². The lowest BCUT2D eigenvalue weighted by Crippen LogP contribution is -2.47. The number of hydrogen-bond donors (Lipinski definition) is 2. The Labute approximate surface area is 117 Å². The molecule has 1 aromatic rings. The average molecular weight is 274 g/mol. The number of pyridine rings is 1. The molecule has 0 aliphatic heterocycles. The maximum atomic E-state index is 12.1. The van der Waals surface area contributed by atoms with Crippen LogP contribution in [0.1, 0.15) is 24.8 Å². The predicted molar refractivity (Wildman–Crippen MR) is 71.8 cm³/mol. The fourth-order valence-corrected chi connectivity index (χ4v) is 3.78. The molecule has 1 aromatic heterocycles. The van der Waals surface area contributed by atoms with Crippen molar-refractivity contribution in [3.8, 4) is 0 Å². The van der Waals surface area contributed by atoms with E-state index in [1.807, 2.05) is 6.07 Å². The molecule has 4 unspecified atom stereocenters. The molecule has 106 valence electrons. The standard InChI is InChI=1S/C15H18N2O3/c18-12(6-9-2-1-5-16-8-9)17-14-11-4-3-10(7-11)13(14)15(19)20/h1-2,5,8,10-11,13-14H,3-4,6-7H2,(H,17,18)(H,19,20). The maximum Gasteiger partial charge on any atom is 0.308 e. The van der Waals surface area contributed by atoms with E-state index in [0.717, 1.165) is 24.8 Å². The summed E-state index contributed by atoms with van der Waals surface area (Å²) in [7, 11) is 0. The quantitative estimate of drug-likeness (QED) is 0.865. The third-order valence-electron chi connectivity index (χ3n) is 4.62. The number of carbonyl (C=O) groups is 2. The highest BCUT2D eigenvalue weighted by Crippen LogP contribution is 2.48. The van der Waals surface area contributed by atoms with Crippen molar-refractivity contribution in [1.82, 2.24) is 10.3 Å². The molecule has 1 heterocycles. The van der Waals surface area contributed by atoms with Crippen molar-refractivity contribution in [3.05, 3.63) is 30.1 Å². The number of hydrogen-bond acceptors (Lipinski definition) is 3. The summed E-state index contributed by atoms with van der Waals surface area (Å²) < 4.78 is 0. The number of aliphatic carboxylic acids is 1. The molecule has 2 aliphatic rings. The van der Waals surface area contributed by atoms with Crippen LogP contribution in [0, 0.1) is 17.8 Å². The van der Waals surface area contributed by atoms with E-state index < -0.39 is 11.9 Å². The van der Waals surface area contributed by atoms with Gasteiger partial charge in [-0.15, -0.1) is 0 Å². The lowest BCUT2D eigenvalue weighted by molar-refractivity contribution is -0.144. The number of nitrogens with zero attached hydrogens (tertiary/aromatic N) is 1. The van der Waals surface area contributed by atoms with E-state index in [1.165, 1.54) is 0 Å². The first kappa shape index (κ1) is 13.1. The van der Waals surface area contributed by atoms with Gasteiger partial charge < -0.3 is 10.4 Å². The zero-order valence-electron chi connectivity index (χ0n) is 11.2. The van der Waals surface area contributed by atoms with Crippen molar-refractivity contribution < 1.29 is 14.7 Å². The Morgan fingerprint density at radius 2 is 2.15 bits per heavy atom. The van der Waals surface area contributed by atoms with Crippen molar-refractivity contribution in [2.75, 3.05) is 0 Å². The number of fused-ring (bicyclic) bond motifs is 2. The summed E-state index contributed by atoms with van der Waals surface area (Å²) in [4.78, 5) is 27.4. The van der Waals surface area contributed by atoms with Crippen molar-refractivity contribution in [1.29, 1.82) is 0 Å². The summed E-state index contributed by atoms with van der Waals surface area (Å²) in [6, 6.07) is 3.44. The Balaban J connectivity index is 1.65. The van der Waals surface area contributed by atoms with E-state index in [2.05, 4.69) is 10.3 Å². The minimum Gasteiger partial charge on any atom is -0.481 e. The minimum atomic E-state index is -0.774. The molecule has 0 aromatic carbocycles. The number of nitrogens with one attached hydrogen (secondary N) is 1. The first-order valence-electron chi connectivity index (χ1n) is 7.06. The van der Waals surface area contributed by atoms with E-state index in [1.54, 1.807) is 18.5 Å². The maximum absolute atomic E-state index is 12.1. The molecule has 5 heteroatoms. The van der Waals surface area contributed by atoms with Crippen LogP contribution in [0.25, 0.3) is 0 Å². The fraction of sp³-hybridized carbons (Fsp3) is 0.533. The van der Waals surface area contributed by atoms with Crippen molar-refractivity contribution in [2.45, 2.75) is 31.7 Å². The van der Waals surface area contributed by atoms with Gasteiger partial charge in [0, 0.05) is 18.4 Å². The molecule has 2 aliphatic carbocycles. The Hall–Kier alpha value is -1.91. The van der Waals surface area contributed by atoms with Crippen molar-refractivity contribution in [2.24, 2.45) is 17.8 Å². The van der Waals surface area contributed by atoms with Crippen LogP contribution < -0.4 is 5.32 Å². The van der Waals surface area contributed by atoms with Crippen LogP contribution in [-0.4, -0.2) is 28.0 Å². The van der Waals surface area contributed by atoms with E-state index in [0.29, 0.717) is 5.92 Å². The molecular formula is C15H18N2O3. The number of carboxylic acid groups (broad SMARTS) is 1. The molecular weight excluding hydrogens is 256 g/mol. The van der Waals surface area contributed by atoms with Crippen LogP contribution in [-0.2, 0) is 16.0 Å². The van der Waals surface area contributed by atoms with Gasteiger partial charge in [0.05, 0.1) is 12.3 Å². The highest BCUT2D eigenvalue weighted by Gasteiger charge is 2.51. The number of rotatable bonds is 4. The van der Waals surface area contributed by atoms with Crippen LogP contribution in [0.15, 0.2) is 24.5 Å². The van der Waals surface area contributed by atoms with Crippen LogP contribution in [0.5, 0.6) is 0 Å². The van der Waals surface area contributed by atoms with E-state index in [9.17, 15) is 14.7 Å². The first-order chi connectivity index (χ1) is 9.65. The second-order valence-electron chi connectivity index (χ2n) is 5.83. The molecule has 4 atom stereocenters. The van der Waals surface area contributed by atoms with Crippen LogP contribution in [0.4, 0.5) is 0 Å². The fourth-order valence-electron chi connectivity index (χ4n) is 3.78. The smallest absolute Gasteiger partial charge is 0.308 e. The van der Waals surface area contributed by atoms with Gasteiger partial charge in [0.15, 0.2) is 0 Å². The Morgan fingerprint density at radius 3 is 2.85 bits per heavy atom. The summed E-state index contributed by atoms with van der Waals surface area (Å²) in [5, 5.41) is 12.3. The summed E-state index contributed by atoms with van der Waals surface area (Å²) >= 11 is 0. The summed E-state index contributed by atoms with van der Waals surface area (Å²) in [5.41, 5.74) is 0.847. The number of carboxylic acids is 1. The second kappa shape index (κ2) is 5.23. The van der Waals surface area contributed by atoms with Crippen LogP contribution >= 0.6 is 0 Å². The molecule has 5 nitrogen and oxygen atoms in total. The average Bonchev–Trinajstić information content (AvgIpc) is 3.00. The normalized spacial score (nSPS) is 31.2. The zero-order valence-corrected chi connectivity index (χ0v) is 11.2. The largest absolute Gasteiger partial charge is 0.481 e. The minimum absolute atomic E-state index is 0.109. The van der Waals surface area contributed by atoms with Gasteiger partial charge >= 0.3 is 5.97 Å². The van der Waals surface area contributed by atoms with Gasteiger partial charge in [0.1, 0.15) is 0 Å². The third-order valence-corrected chi connectivity index (χ3v) is 4.62. The van der Waals surface area contributed by atoms with Gasteiger partial charge in [0.25, 0.3) is 0 Å². The van der Waals surface area contributed by atoms with Gasteiger partial charge in [-0.3, -0.25) is 14.6 Å². The van der Waals surface area contributed by atoms with Gasteiger partial charge in [-0.2, -0.15) is 0 Å². The summed E-state index contributed by atoms with van der Waals surface area (Å²) in [6.45, 7) is 0. The highest BCUT2D eigenvalue weighted by atomic mass is 16.4. The van der Waals surface area contributed by atoms with E-state index in [-0.39, 0.29) is 24.3 Å². The summed E-state index contributed by atoms with van der Waals surface area (Å²) in [6.07, 6.45) is 6.54. The zero-order chi connectivity index (χ0) is 14.1. The molecule has 3 rings (SSSR count). The Kier molecular flexibility index (Phi) is 3.42. The second-order valence-corrected chi connectivity index (χ2v) is 5.83. The molecule has 0 spiro atoms. The molecule has 2 saturated carbocycles. The van der Waals surface area contributed by atoms with Gasteiger partial charge in [0.2, 0.25) is 5.91 Å². The predicted octanol–water partition coefficient (Wildman–Crippen LogP) is 1.24. The van der Waals surface area contributed by atoms with Crippen molar-refractivity contribution in [3.63, 3.8) is 0 Å². The van der Waals surface area contributed by atoms with Gasteiger partial charge in [-0.25, -0.2) is 0 Å². The SMILES string of the molecule is O=C(Cc1cccnc1)NC1C2CCC(C2)C1C(=O)O. The lowest BCUT2D eigenvalue weighted by atomic mass is 9.84. The third kappa shape index (κ3) is 2.40.